The van der Waals surface area contributed by atoms with Gasteiger partial charge in [-0.1, -0.05) is 11.8 Å². The number of carbonyl (C=O) groups is 1. The highest BCUT2D eigenvalue weighted by molar-refractivity contribution is 7.98. The number of anilines is 2. The van der Waals surface area contributed by atoms with Crippen molar-refractivity contribution in [3.8, 4) is 0 Å². The van der Waals surface area contributed by atoms with E-state index in [1.54, 1.807) is 4.52 Å². The first kappa shape index (κ1) is 20.7. The lowest BCUT2D eigenvalue weighted by Gasteiger charge is -2.28. The molecule has 0 spiro atoms. The summed E-state index contributed by atoms with van der Waals surface area (Å²) in [4.78, 5) is 23.9. The Morgan fingerprint density at radius 1 is 1.10 bits per heavy atom. The van der Waals surface area contributed by atoms with Crippen molar-refractivity contribution in [2.24, 2.45) is 0 Å². The third kappa shape index (κ3) is 4.43. The summed E-state index contributed by atoms with van der Waals surface area (Å²) < 4.78 is 1.77. The number of aryl methyl sites for hydroxylation is 2. The highest BCUT2D eigenvalue weighted by atomic mass is 32.2. The van der Waals surface area contributed by atoms with Crippen LogP contribution in [0.15, 0.2) is 29.4 Å². The average Bonchev–Trinajstić information content (AvgIpc) is 3.18. The van der Waals surface area contributed by atoms with Crippen molar-refractivity contribution < 1.29 is 4.79 Å². The Hall–Kier alpha value is -2.61. The lowest BCUT2D eigenvalue weighted by atomic mass is 10.1. The quantitative estimate of drug-likeness (QED) is 0.602. The molecule has 8 heteroatoms. The molecule has 0 aliphatic carbocycles. The lowest BCUT2D eigenvalue weighted by Crippen LogP contribution is -2.29. The number of piperidine rings is 1. The van der Waals surface area contributed by atoms with Crippen molar-refractivity contribution in [2.45, 2.75) is 51.1 Å². The highest BCUT2D eigenvalue weighted by Gasteiger charge is 2.15. The fourth-order valence-corrected chi connectivity index (χ4v) is 4.34. The van der Waals surface area contributed by atoms with Crippen LogP contribution in [0.2, 0.25) is 0 Å². The zero-order valence-corrected chi connectivity index (χ0v) is 18.6. The Morgan fingerprint density at radius 3 is 2.53 bits per heavy atom. The maximum absolute atomic E-state index is 12.5. The largest absolute Gasteiger partial charge is 0.372 e. The van der Waals surface area contributed by atoms with Crippen molar-refractivity contribution in [3.05, 3.63) is 41.2 Å². The summed E-state index contributed by atoms with van der Waals surface area (Å²) in [5.41, 5.74) is 5.01. The number of fused-ring (bicyclic) bond motifs is 1. The summed E-state index contributed by atoms with van der Waals surface area (Å²) in [5, 5.41) is 8.19. The molecule has 3 aromatic rings. The van der Waals surface area contributed by atoms with Crippen LogP contribution in [-0.4, -0.2) is 44.8 Å². The van der Waals surface area contributed by atoms with Gasteiger partial charge in [-0.2, -0.15) is 4.98 Å². The van der Waals surface area contributed by atoms with Gasteiger partial charge < -0.3 is 10.2 Å². The number of rotatable bonds is 6. The molecule has 7 nitrogen and oxygen atoms in total. The second-order valence-corrected chi connectivity index (χ2v) is 8.49. The Balaban J connectivity index is 1.39. The monoisotopic (exact) mass is 424 g/mol. The van der Waals surface area contributed by atoms with Crippen LogP contribution in [0.3, 0.4) is 0 Å². The van der Waals surface area contributed by atoms with Crippen LogP contribution in [-0.2, 0) is 11.2 Å². The summed E-state index contributed by atoms with van der Waals surface area (Å²) in [7, 11) is 0. The van der Waals surface area contributed by atoms with Gasteiger partial charge >= 0.3 is 0 Å². The second-order valence-electron chi connectivity index (χ2n) is 7.71. The summed E-state index contributed by atoms with van der Waals surface area (Å²) in [6, 6.07) is 8.18. The summed E-state index contributed by atoms with van der Waals surface area (Å²) >= 11 is 1.49. The summed E-state index contributed by atoms with van der Waals surface area (Å²) in [6.07, 6.45) is 6.79. The number of amides is 1. The normalized spacial score (nSPS) is 14.3. The van der Waals surface area contributed by atoms with Gasteiger partial charge in [0.2, 0.25) is 11.1 Å². The third-order valence-electron chi connectivity index (χ3n) is 5.69. The molecule has 158 valence electrons. The number of thioether (sulfide) groups is 1. The Bertz CT molecular complexity index is 1040. The molecule has 0 radical (unpaired) electrons. The van der Waals surface area contributed by atoms with Gasteiger partial charge in [0.1, 0.15) is 0 Å². The molecule has 4 rings (SSSR count). The Morgan fingerprint density at radius 2 is 1.83 bits per heavy atom. The van der Waals surface area contributed by atoms with Crippen LogP contribution in [0.5, 0.6) is 0 Å². The van der Waals surface area contributed by atoms with E-state index in [0.717, 1.165) is 35.7 Å². The standard InChI is InChI=1S/C22H28N6OS/c1-15-19(16(2)28-21(23-15)25-22(26-28)30-3)11-12-20(29)24-17-7-9-18(10-8-17)27-13-5-4-6-14-27/h7-10H,4-6,11-14H2,1-3H3,(H,24,29). The van der Waals surface area contributed by atoms with Crippen LogP contribution in [0.1, 0.15) is 42.6 Å². The van der Waals surface area contributed by atoms with Crippen LogP contribution in [0.25, 0.3) is 5.78 Å². The number of aromatic nitrogens is 4. The molecule has 1 aliphatic heterocycles. The molecule has 2 aromatic heterocycles. The molecule has 0 atom stereocenters. The van der Waals surface area contributed by atoms with Gasteiger partial charge in [-0.05, 0) is 75.6 Å². The minimum atomic E-state index is 0.00279. The molecule has 1 saturated heterocycles. The zero-order valence-electron chi connectivity index (χ0n) is 17.8. The number of carbonyl (C=O) groups excluding carboxylic acids is 1. The lowest BCUT2D eigenvalue weighted by molar-refractivity contribution is -0.116. The van der Waals surface area contributed by atoms with Crippen LogP contribution in [0.4, 0.5) is 11.4 Å². The van der Waals surface area contributed by atoms with Crippen molar-refractivity contribution in [2.75, 3.05) is 29.6 Å². The van der Waals surface area contributed by atoms with E-state index in [9.17, 15) is 4.79 Å². The van der Waals surface area contributed by atoms with E-state index in [0.29, 0.717) is 23.8 Å². The number of nitrogens with one attached hydrogen (secondary N) is 1. The Kier molecular flexibility index (Phi) is 6.22. The van der Waals surface area contributed by atoms with E-state index in [4.69, 9.17) is 0 Å². The van der Waals surface area contributed by atoms with Gasteiger partial charge in [0.15, 0.2) is 0 Å². The number of hydrogen-bond donors (Lipinski definition) is 1. The van der Waals surface area contributed by atoms with Gasteiger partial charge in [-0.15, -0.1) is 5.10 Å². The van der Waals surface area contributed by atoms with E-state index < -0.39 is 0 Å². The Labute approximate surface area is 181 Å². The molecule has 1 amide bonds. The average molecular weight is 425 g/mol. The van der Waals surface area contributed by atoms with Crippen LogP contribution < -0.4 is 10.2 Å². The minimum Gasteiger partial charge on any atom is -0.372 e. The van der Waals surface area contributed by atoms with Crippen molar-refractivity contribution in [1.29, 1.82) is 0 Å². The third-order valence-corrected chi connectivity index (χ3v) is 6.22. The van der Waals surface area contributed by atoms with Crippen molar-refractivity contribution in [1.82, 2.24) is 19.6 Å². The summed E-state index contributed by atoms with van der Waals surface area (Å²) in [6.45, 7) is 6.21. The highest BCUT2D eigenvalue weighted by Crippen LogP contribution is 2.22. The predicted molar refractivity (Wildman–Crippen MR) is 121 cm³/mol. The maximum Gasteiger partial charge on any atom is 0.253 e. The number of hydrogen-bond acceptors (Lipinski definition) is 6. The van der Waals surface area contributed by atoms with E-state index >= 15 is 0 Å². The van der Waals surface area contributed by atoms with E-state index in [2.05, 4.69) is 37.4 Å². The van der Waals surface area contributed by atoms with E-state index in [-0.39, 0.29) is 5.91 Å². The molecule has 3 heterocycles. The molecule has 0 saturated carbocycles. The number of nitrogens with zero attached hydrogens (tertiary/aromatic N) is 5. The number of benzene rings is 1. The van der Waals surface area contributed by atoms with Gasteiger partial charge in [-0.3, -0.25) is 4.79 Å². The maximum atomic E-state index is 12.5. The molecular weight excluding hydrogens is 396 g/mol. The topological polar surface area (TPSA) is 75.4 Å². The fraction of sp³-hybridized carbons (Fsp3) is 0.455. The summed E-state index contributed by atoms with van der Waals surface area (Å²) in [5.74, 6) is 0.611. The van der Waals surface area contributed by atoms with Crippen molar-refractivity contribution >= 4 is 34.8 Å². The smallest absolute Gasteiger partial charge is 0.253 e. The predicted octanol–water partition coefficient (Wildman–Crippen LogP) is 4.02. The van der Waals surface area contributed by atoms with E-state index in [1.165, 1.54) is 36.7 Å². The van der Waals surface area contributed by atoms with E-state index in [1.807, 2.05) is 32.2 Å². The first-order valence-corrected chi connectivity index (χ1v) is 11.7. The van der Waals surface area contributed by atoms with Gasteiger partial charge in [0.05, 0.1) is 0 Å². The molecule has 1 aromatic carbocycles. The second kappa shape index (κ2) is 9.04. The first-order chi connectivity index (χ1) is 14.5. The van der Waals surface area contributed by atoms with Crippen molar-refractivity contribution in [3.63, 3.8) is 0 Å². The van der Waals surface area contributed by atoms with Crippen LogP contribution >= 0.6 is 11.8 Å². The van der Waals surface area contributed by atoms with Gasteiger partial charge in [-0.25, -0.2) is 9.50 Å². The SMILES string of the molecule is CSc1nc2nc(C)c(CCC(=O)Nc3ccc(N4CCCCC4)cc3)c(C)n2n1. The van der Waals surface area contributed by atoms with Gasteiger partial charge in [0.25, 0.3) is 5.78 Å². The molecule has 1 N–H and O–H groups in total. The molecule has 1 aliphatic rings. The fourth-order valence-electron chi connectivity index (χ4n) is 4.01. The molecule has 30 heavy (non-hydrogen) atoms. The van der Waals surface area contributed by atoms with Crippen LogP contribution in [0, 0.1) is 13.8 Å². The first-order valence-electron chi connectivity index (χ1n) is 10.5. The molecular formula is C22H28N6OS. The van der Waals surface area contributed by atoms with Gasteiger partial charge in [0, 0.05) is 42.3 Å². The molecule has 1 fully saturated rings. The zero-order chi connectivity index (χ0) is 21.1. The minimum absolute atomic E-state index is 0.00279. The molecule has 0 unspecified atom stereocenters. The molecule has 0 bridgehead atoms.